The fourth-order valence-electron chi connectivity index (χ4n) is 0.791. The lowest BCUT2D eigenvalue weighted by Gasteiger charge is -2.09. The first-order chi connectivity index (χ1) is 6.60. The van der Waals surface area contributed by atoms with E-state index in [4.69, 9.17) is 10.8 Å². The highest BCUT2D eigenvalue weighted by Crippen LogP contribution is 1.90. The van der Waals surface area contributed by atoms with Gasteiger partial charge in [-0.05, 0) is 0 Å². The molecular formula is C9H14N2O3. The predicted octanol–water partition coefficient (Wildman–Crippen LogP) is -0.682. The number of hydrogen-bond acceptors (Lipinski definition) is 3. The number of nitrogens with one attached hydrogen (secondary N) is 1. The van der Waals surface area contributed by atoms with Gasteiger partial charge in [0.2, 0.25) is 5.91 Å². The number of carbonyl (C=O) groups excluding carboxylic acids is 1. The number of aliphatic carboxylic acids is 1. The van der Waals surface area contributed by atoms with Crippen LogP contribution in [0.25, 0.3) is 0 Å². The maximum atomic E-state index is 10.9. The molecule has 0 aromatic heterocycles. The van der Waals surface area contributed by atoms with Crippen LogP contribution in [0.2, 0.25) is 0 Å². The summed E-state index contributed by atoms with van der Waals surface area (Å²) in [6.07, 6.45) is 0.410. The number of hydrogen-bond donors (Lipinski definition) is 3. The van der Waals surface area contributed by atoms with E-state index in [1.165, 1.54) is 0 Å². The molecule has 0 saturated heterocycles. The van der Waals surface area contributed by atoms with Crippen LogP contribution in [-0.2, 0) is 9.59 Å². The van der Waals surface area contributed by atoms with Crippen molar-refractivity contribution in [3.05, 3.63) is 0 Å². The Morgan fingerprint density at radius 2 is 2.21 bits per heavy atom. The minimum absolute atomic E-state index is 0.163. The number of rotatable bonds is 4. The molecule has 0 spiro atoms. The summed E-state index contributed by atoms with van der Waals surface area (Å²) in [5.74, 6) is 3.96. The molecule has 0 aliphatic carbocycles. The average Bonchev–Trinajstić information content (AvgIpc) is 2.13. The summed E-state index contributed by atoms with van der Waals surface area (Å²) in [4.78, 5) is 21.3. The molecule has 5 heteroatoms. The fraction of sp³-hybridized carbons (Fsp3) is 0.556. The van der Waals surface area contributed by atoms with Crippen molar-refractivity contribution >= 4 is 11.9 Å². The third-order valence-corrected chi connectivity index (χ3v) is 1.35. The van der Waals surface area contributed by atoms with Gasteiger partial charge < -0.3 is 16.2 Å². The van der Waals surface area contributed by atoms with Gasteiger partial charge in [-0.15, -0.1) is 5.92 Å². The molecule has 0 fully saturated rings. The Hall–Kier alpha value is -1.54. The van der Waals surface area contributed by atoms with Crippen molar-refractivity contribution in [2.45, 2.75) is 25.8 Å². The minimum Gasteiger partial charge on any atom is -0.481 e. The van der Waals surface area contributed by atoms with Crippen LogP contribution in [0.3, 0.4) is 0 Å². The average molecular weight is 198 g/mol. The van der Waals surface area contributed by atoms with Gasteiger partial charge in [0.15, 0.2) is 0 Å². The summed E-state index contributed by atoms with van der Waals surface area (Å²) in [6.45, 7) is 1.68. The van der Waals surface area contributed by atoms with E-state index in [1.807, 2.05) is 6.92 Å². The molecule has 4 N–H and O–H groups in total. The minimum atomic E-state index is -1.00. The van der Waals surface area contributed by atoms with Gasteiger partial charge in [-0.1, -0.05) is 12.8 Å². The summed E-state index contributed by atoms with van der Waals surface area (Å²) in [5, 5.41) is 10.9. The Bertz CT molecular complexity index is 265. The van der Waals surface area contributed by atoms with Crippen molar-refractivity contribution in [3.63, 3.8) is 0 Å². The zero-order chi connectivity index (χ0) is 11.0. The second kappa shape index (κ2) is 6.92. The second-order valence-corrected chi connectivity index (χ2v) is 2.60. The van der Waals surface area contributed by atoms with Crippen molar-refractivity contribution in [1.29, 1.82) is 0 Å². The quantitative estimate of drug-likeness (QED) is 0.522. The lowest BCUT2D eigenvalue weighted by molar-refractivity contribution is -0.137. The molecule has 0 heterocycles. The van der Waals surface area contributed by atoms with E-state index in [9.17, 15) is 9.59 Å². The molecule has 1 atom stereocenters. The maximum Gasteiger partial charge on any atom is 0.306 e. The first kappa shape index (κ1) is 12.5. The van der Waals surface area contributed by atoms with Crippen molar-refractivity contribution in [3.8, 4) is 11.8 Å². The highest BCUT2D eigenvalue weighted by molar-refractivity contribution is 5.79. The number of amides is 1. The smallest absolute Gasteiger partial charge is 0.306 e. The molecule has 5 nitrogen and oxygen atoms in total. The molecule has 0 aromatic rings. The topological polar surface area (TPSA) is 92.4 Å². The van der Waals surface area contributed by atoms with Gasteiger partial charge >= 0.3 is 5.97 Å². The molecule has 0 bridgehead atoms. The van der Waals surface area contributed by atoms with Crippen LogP contribution in [0.4, 0.5) is 0 Å². The molecule has 0 rings (SSSR count). The summed E-state index contributed by atoms with van der Waals surface area (Å²) in [6, 6.07) is -0.650. The molecule has 0 saturated carbocycles. The molecule has 0 radical (unpaired) electrons. The van der Waals surface area contributed by atoms with Gasteiger partial charge in [0, 0.05) is 6.42 Å². The Morgan fingerprint density at radius 3 is 2.64 bits per heavy atom. The largest absolute Gasteiger partial charge is 0.481 e. The molecule has 1 amide bonds. The van der Waals surface area contributed by atoms with E-state index in [2.05, 4.69) is 17.2 Å². The Labute approximate surface area is 82.7 Å². The van der Waals surface area contributed by atoms with Crippen LogP contribution >= 0.6 is 0 Å². The molecule has 78 valence electrons. The van der Waals surface area contributed by atoms with Gasteiger partial charge in [-0.3, -0.25) is 9.59 Å². The molecule has 1 unspecified atom stereocenters. The first-order valence-electron chi connectivity index (χ1n) is 4.29. The Balaban J connectivity index is 4.24. The monoisotopic (exact) mass is 198 g/mol. The van der Waals surface area contributed by atoms with Gasteiger partial charge in [0.05, 0.1) is 13.0 Å². The van der Waals surface area contributed by atoms with Gasteiger partial charge in [-0.2, -0.15) is 0 Å². The van der Waals surface area contributed by atoms with Crippen LogP contribution in [0.15, 0.2) is 0 Å². The fourth-order valence-corrected chi connectivity index (χ4v) is 0.791. The predicted molar refractivity (Wildman–Crippen MR) is 51.3 cm³/mol. The highest BCUT2D eigenvalue weighted by Gasteiger charge is 2.11. The first-order valence-corrected chi connectivity index (χ1v) is 4.29. The van der Waals surface area contributed by atoms with Crippen LogP contribution in [0, 0.1) is 11.8 Å². The van der Waals surface area contributed by atoms with Crippen LogP contribution < -0.4 is 11.1 Å². The van der Waals surface area contributed by atoms with Crippen molar-refractivity contribution in [1.82, 2.24) is 5.32 Å². The zero-order valence-electron chi connectivity index (χ0n) is 8.04. The van der Waals surface area contributed by atoms with E-state index >= 15 is 0 Å². The maximum absolute atomic E-state index is 10.9. The SMILES string of the molecule is CCC#CC(CC(=O)O)NC(=O)CN. The second-order valence-electron chi connectivity index (χ2n) is 2.60. The van der Waals surface area contributed by atoms with Gasteiger partial charge in [-0.25, -0.2) is 0 Å². The summed E-state index contributed by atoms with van der Waals surface area (Å²) in [7, 11) is 0. The van der Waals surface area contributed by atoms with Crippen LogP contribution in [0.1, 0.15) is 19.8 Å². The number of carboxylic acids is 1. The van der Waals surface area contributed by atoms with Crippen molar-refractivity contribution in [2.75, 3.05) is 6.54 Å². The van der Waals surface area contributed by atoms with Gasteiger partial charge in [0.1, 0.15) is 6.04 Å². The normalized spacial score (nSPS) is 11.0. The molecule has 14 heavy (non-hydrogen) atoms. The summed E-state index contributed by atoms with van der Waals surface area (Å²) < 4.78 is 0. The number of nitrogens with two attached hydrogens (primary N) is 1. The van der Waals surface area contributed by atoms with Crippen molar-refractivity contribution < 1.29 is 14.7 Å². The van der Waals surface area contributed by atoms with Crippen LogP contribution in [0.5, 0.6) is 0 Å². The summed E-state index contributed by atoms with van der Waals surface area (Å²) >= 11 is 0. The molecule has 0 aliphatic rings. The Morgan fingerprint density at radius 1 is 1.57 bits per heavy atom. The van der Waals surface area contributed by atoms with E-state index in [1.54, 1.807) is 0 Å². The lowest BCUT2D eigenvalue weighted by Crippen LogP contribution is -2.39. The number of carboxylic acid groups (broad SMARTS) is 1. The molecule has 0 aromatic carbocycles. The Kier molecular flexibility index (Phi) is 6.16. The van der Waals surface area contributed by atoms with E-state index in [0.29, 0.717) is 6.42 Å². The lowest BCUT2D eigenvalue weighted by atomic mass is 10.2. The van der Waals surface area contributed by atoms with Gasteiger partial charge in [0.25, 0.3) is 0 Å². The molecule has 0 aliphatic heterocycles. The standard InChI is InChI=1S/C9H14N2O3/c1-2-3-4-7(5-9(13)14)11-8(12)6-10/h7H,2,5-6,10H2,1H3,(H,11,12)(H,13,14). The third kappa shape index (κ3) is 6.03. The molecular weight excluding hydrogens is 184 g/mol. The van der Waals surface area contributed by atoms with E-state index < -0.39 is 17.9 Å². The van der Waals surface area contributed by atoms with E-state index in [-0.39, 0.29) is 13.0 Å². The van der Waals surface area contributed by atoms with Crippen molar-refractivity contribution in [2.24, 2.45) is 5.73 Å². The highest BCUT2D eigenvalue weighted by atomic mass is 16.4. The van der Waals surface area contributed by atoms with E-state index in [0.717, 1.165) is 0 Å². The summed E-state index contributed by atoms with van der Waals surface area (Å²) in [5.41, 5.74) is 5.07. The zero-order valence-corrected chi connectivity index (χ0v) is 8.04. The third-order valence-electron chi connectivity index (χ3n) is 1.35. The number of carbonyl (C=O) groups is 2. The van der Waals surface area contributed by atoms with Crippen LogP contribution in [-0.4, -0.2) is 29.6 Å².